The van der Waals surface area contributed by atoms with Gasteiger partial charge in [0.05, 0.1) is 23.4 Å². The fourth-order valence-electron chi connectivity index (χ4n) is 3.53. The molecule has 3 aromatic rings. The molecule has 0 N–H and O–H groups in total. The molecule has 2 atom stereocenters. The zero-order valence-electron chi connectivity index (χ0n) is 14.9. The third kappa shape index (κ3) is 3.22. The van der Waals surface area contributed by atoms with Crippen molar-refractivity contribution in [3.8, 4) is 11.3 Å². The number of hydrogen-bond acceptors (Lipinski definition) is 4. The van der Waals surface area contributed by atoms with Gasteiger partial charge in [-0.15, -0.1) is 0 Å². The summed E-state index contributed by atoms with van der Waals surface area (Å²) in [7, 11) is 0. The van der Waals surface area contributed by atoms with Crippen molar-refractivity contribution in [2.45, 2.75) is 33.0 Å². The molecule has 0 saturated carbocycles. The van der Waals surface area contributed by atoms with Gasteiger partial charge in [0.1, 0.15) is 0 Å². The molecule has 0 amide bonds. The number of fused-ring (bicyclic) bond motifs is 1. The summed E-state index contributed by atoms with van der Waals surface area (Å²) in [5, 5.41) is 1.10. The Morgan fingerprint density at radius 2 is 1.68 bits per heavy atom. The van der Waals surface area contributed by atoms with E-state index in [-0.39, 0.29) is 12.2 Å². The highest BCUT2D eigenvalue weighted by Gasteiger charge is 2.25. The van der Waals surface area contributed by atoms with Crippen LogP contribution in [0.2, 0.25) is 0 Å². The summed E-state index contributed by atoms with van der Waals surface area (Å²) in [6.45, 7) is 7.94. The first-order chi connectivity index (χ1) is 12.1. The van der Waals surface area contributed by atoms with Crippen molar-refractivity contribution in [2.75, 3.05) is 18.0 Å². The average molecular weight is 333 g/mol. The third-order valence-corrected chi connectivity index (χ3v) is 4.59. The smallest absolute Gasteiger partial charge is 0.226 e. The summed E-state index contributed by atoms with van der Waals surface area (Å²) in [5.74, 6) is 0.789. The molecule has 0 spiro atoms. The molecule has 1 aliphatic heterocycles. The van der Waals surface area contributed by atoms with E-state index >= 15 is 0 Å². The predicted molar refractivity (Wildman–Crippen MR) is 102 cm³/mol. The van der Waals surface area contributed by atoms with Crippen LogP contribution in [0.4, 0.5) is 5.95 Å². The van der Waals surface area contributed by atoms with Crippen LogP contribution in [0.15, 0.2) is 48.5 Å². The van der Waals surface area contributed by atoms with Crippen molar-refractivity contribution in [3.63, 3.8) is 0 Å². The topological polar surface area (TPSA) is 38.2 Å². The molecule has 0 bridgehead atoms. The zero-order valence-corrected chi connectivity index (χ0v) is 14.9. The second kappa shape index (κ2) is 6.45. The zero-order chi connectivity index (χ0) is 17.4. The van der Waals surface area contributed by atoms with E-state index in [1.54, 1.807) is 0 Å². The van der Waals surface area contributed by atoms with Crippen LogP contribution in [0.5, 0.6) is 0 Å². The van der Waals surface area contributed by atoms with Gasteiger partial charge >= 0.3 is 0 Å². The minimum Gasteiger partial charge on any atom is -0.372 e. The lowest BCUT2D eigenvalue weighted by atomic mass is 10.0. The highest BCUT2D eigenvalue weighted by atomic mass is 16.5. The number of aromatic nitrogens is 2. The van der Waals surface area contributed by atoms with Crippen LogP contribution in [0, 0.1) is 6.92 Å². The Balaban J connectivity index is 1.88. The predicted octanol–water partition coefficient (Wildman–Crippen LogP) is 4.22. The fourth-order valence-corrected chi connectivity index (χ4v) is 3.53. The molecule has 1 saturated heterocycles. The van der Waals surface area contributed by atoms with Gasteiger partial charge in [-0.25, -0.2) is 9.97 Å². The van der Waals surface area contributed by atoms with E-state index in [0.29, 0.717) is 0 Å². The van der Waals surface area contributed by atoms with Crippen molar-refractivity contribution < 1.29 is 4.74 Å². The standard InChI is InChI=1S/C21H23N3O/c1-14-9-10-19-18(11-14)20(17-7-5-4-6-8-17)23-21(22-19)24-12-15(2)25-16(3)13-24/h4-11,15-16H,12-13H2,1-3H3/t15-,16-/m1/s1. The van der Waals surface area contributed by atoms with Gasteiger partial charge in [-0.2, -0.15) is 0 Å². The number of benzene rings is 2. The van der Waals surface area contributed by atoms with Crippen molar-refractivity contribution in [1.29, 1.82) is 0 Å². The van der Waals surface area contributed by atoms with Gasteiger partial charge in [-0.1, -0.05) is 42.0 Å². The molecule has 25 heavy (non-hydrogen) atoms. The Morgan fingerprint density at radius 1 is 0.960 bits per heavy atom. The molecule has 0 radical (unpaired) electrons. The fraction of sp³-hybridized carbons (Fsp3) is 0.333. The van der Waals surface area contributed by atoms with Crippen LogP contribution in [-0.4, -0.2) is 35.3 Å². The van der Waals surface area contributed by atoms with Gasteiger partial charge in [-0.3, -0.25) is 0 Å². The molecule has 1 fully saturated rings. The number of ether oxygens (including phenoxy) is 1. The molecule has 2 heterocycles. The molecule has 0 aliphatic carbocycles. The second-order valence-corrected chi connectivity index (χ2v) is 6.92. The van der Waals surface area contributed by atoms with Gasteiger partial charge in [0.25, 0.3) is 0 Å². The van der Waals surface area contributed by atoms with E-state index in [1.807, 2.05) is 6.07 Å². The molecule has 128 valence electrons. The van der Waals surface area contributed by atoms with Crippen molar-refractivity contribution in [1.82, 2.24) is 9.97 Å². The number of aryl methyl sites for hydroxylation is 1. The minimum absolute atomic E-state index is 0.182. The van der Waals surface area contributed by atoms with E-state index in [4.69, 9.17) is 14.7 Å². The largest absolute Gasteiger partial charge is 0.372 e. The van der Waals surface area contributed by atoms with E-state index in [0.717, 1.165) is 41.2 Å². The lowest BCUT2D eigenvalue weighted by Crippen LogP contribution is -2.46. The van der Waals surface area contributed by atoms with Crippen LogP contribution in [-0.2, 0) is 4.74 Å². The van der Waals surface area contributed by atoms with Crippen LogP contribution in [0.1, 0.15) is 19.4 Å². The summed E-state index contributed by atoms with van der Waals surface area (Å²) in [4.78, 5) is 12.1. The maximum atomic E-state index is 5.86. The summed E-state index contributed by atoms with van der Waals surface area (Å²) in [5.41, 5.74) is 4.32. The maximum Gasteiger partial charge on any atom is 0.226 e. The normalized spacial score (nSPS) is 20.8. The Morgan fingerprint density at radius 3 is 2.40 bits per heavy atom. The van der Waals surface area contributed by atoms with Gasteiger partial charge in [-0.05, 0) is 32.9 Å². The van der Waals surface area contributed by atoms with Crippen molar-refractivity contribution in [3.05, 3.63) is 54.1 Å². The van der Waals surface area contributed by atoms with Crippen LogP contribution >= 0.6 is 0 Å². The quantitative estimate of drug-likeness (QED) is 0.704. The van der Waals surface area contributed by atoms with Crippen LogP contribution in [0.3, 0.4) is 0 Å². The Hall–Kier alpha value is -2.46. The first kappa shape index (κ1) is 16.0. The lowest BCUT2D eigenvalue weighted by Gasteiger charge is -2.35. The second-order valence-electron chi connectivity index (χ2n) is 6.92. The monoisotopic (exact) mass is 333 g/mol. The number of rotatable bonds is 2. The number of morpholine rings is 1. The van der Waals surface area contributed by atoms with E-state index in [9.17, 15) is 0 Å². The molecule has 1 aromatic heterocycles. The maximum absolute atomic E-state index is 5.86. The average Bonchev–Trinajstić information content (AvgIpc) is 2.61. The summed E-state index contributed by atoms with van der Waals surface area (Å²) >= 11 is 0. The minimum atomic E-state index is 0.182. The van der Waals surface area contributed by atoms with Crippen LogP contribution < -0.4 is 4.90 Å². The summed E-state index contributed by atoms with van der Waals surface area (Å²) in [6.07, 6.45) is 0.363. The number of nitrogens with zero attached hydrogens (tertiary/aromatic N) is 3. The molecular weight excluding hydrogens is 310 g/mol. The number of hydrogen-bond donors (Lipinski definition) is 0. The van der Waals surface area contributed by atoms with Crippen LogP contribution in [0.25, 0.3) is 22.2 Å². The third-order valence-electron chi connectivity index (χ3n) is 4.59. The number of anilines is 1. The molecular formula is C21H23N3O. The highest BCUT2D eigenvalue weighted by Crippen LogP contribution is 2.29. The summed E-state index contributed by atoms with van der Waals surface area (Å²) < 4.78 is 5.86. The van der Waals surface area contributed by atoms with Crippen molar-refractivity contribution >= 4 is 16.9 Å². The Labute approximate surface area is 148 Å². The first-order valence-electron chi connectivity index (χ1n) is 8.84. The van der Waals surface area contributed by atoms with E-state index < -0.39 is 0 Å². The molecule has 2 aromatic carbocycles. The molecule has 4 heteroatoms. The van der Waals surface area contributed by atoms with Gasteiger partial charge in [0, 0.05) is 24.0 Å². The van der Waals surface area contributed by atoms with Gasteiger partial charge in [0.15, 0.2) is 0 Å². The van der Waals surface area contributed by atoms with E-state index in [2.05, 4.69) is 68.1 Å². The molecule has 1 aliphatic rings. The highest BCUT2D eigenvalue weighted by molar-refractivity contribution is 5.93. The summed E-state index contributed by atoms with van der Waals surface area (Å²) in [6, 6.07) is 16.7. The Bertz CT molecular complexity index is 884. The molecule has 4 nitrogen and oxygen atoms in total. The van der Waals surface area contributed by atoms with Gasteiger partial charge < -0.3 is 9.64 Å². The van der Waals surface area contributed by atoms with E-state index in [1.165, 1.54) is 5.56 Å². The molecule has 0 unspecified atom stereocenters. The Kier molecular flexibility index (Phi) is 4.14. The lowest BCUT2D eigenvalue weighted by molar-refractivity contribution is -0.00569. The SMILES string of the molecule is Cc1ccc2nc(N3C[C@@H](C)O[C@H](C)C3)nc(-c3ccccc3)c2c1. The van der Waals surface area contributed by atoms with Gasteiger partial charge in [0.2, 0.25) is 5.95 Å². The van der Waals surface area contributed by atoms with Crippen molar-refractivity contribution in [2.24, 2.45) is 0 Å². The first-order valence-corrected chi connectivity index (χ1v) is 8.84. The molecule has 4 rings (SSSR count).